The fraction of sp³-hybridized carbons (Fsp3) is 0.533. The summed E-state index contributed by atoms with van der Waals surface area (Å²) in [6.45, 7) is 2.17. The van der Waals surface area contributed by atoms with Crippen LogP contribution in [0, 0.1) is 16.0 Å². The van der Waals surface area contributed by atoms with E-state index in [2.05, 4.69) is 17.6 Å². The lowest BCUT2D eigenvalue weighted by Gasteiger charge is -2.30. The summed E-state index contributed by atoms with van der Waals surface area (Å²) in [5, 5.41) is 17.0. The molecule has 0 heterocycles. The maximum atomic E-state index is 11.6. The smallest absolute Gasteiger partial charge is 0.293 e. The summed E-state index contributed by atoms with van der Waals surface area (Å²) >= 11 is 0. The molecule has 1 saturated carbocycles. The number of anilines is 1. The molecule has 0 radical (unpaired) electrons. The number of amides is 1. The van der Waals surface area contributed by atoms with E-state index in [1.165, 1.54) is 19.5 Å². The van der Waals surface area contributed by atoms with Crippen LogP contribution in [0.2, 0.25) is 0 Å². The van der Waals surface area contributed by atoms with Crippen molar-refractivity contribution >= 4 is 17.3 Å². The van der Waals surface area contributed by atoms with Gasteiger partial charge in [0.25, 0.3) is 11.6 Å². The maximum absolute atomic E-state index is 11.6. The second-order valence-corrected chi connectivity index (χ2v) is 5.58. The Balaban J connectivity index is 2.26. The minimum absolute atomic E-state index is 0.0473. The average Bonchev–Trinajstić information content (AvgIpc) is 2.49. The van der Waals surface area contributed by atoms with Gasteiger partial charge in [0.1, 0.15) is 5.69 Å². The third kappa shape index (κ3) is 3.51. The Kier molecular flexibility index (Phi) is 4.77. The highest BCUT2D eigenvalue weighted by Gasteiger charge is 2.24. The van der Waals surface area contributed by atoms with Crippen molar-refractivity contribution < 1.29 is 9.72 Å². The summed E-state index contributed by atoms with van der Waals surface area (Å²) in [5.41, 5.74) is 0.742. The molecule has 0 spiro atoms. The molecule has 6 nitrogen and oxygen atoms in total. The van der Waals surface area contributed by atoms with E-state index in [1.807, 2.05) is 0 Å². The van der Waals surface area contributed by atoms with Gasteiger partial charge in [-0.2, -0.15) is 0 Å². The number of rotatable bonds is 4. The maximum Gasteiger partial charge on any atom is 0.293 e. The molecule has 0 saturated heterocycles. The van der Waals surface area contributed by atoms with Crippen molar-refractivity contribution in [2.75, 3.05) is 12.4 Å². The summed E-state index contributed by atoms with van der Waals surface area (Å²) in [7, 11) is 1.50. The summed E-state index contributed by atoms with van der Waals surface area (Å²) in [4.78, 5) is 22.4. The molecule has 0 aromatic heterocycles. The van der Waals surface area contributed by atoms with E-state index in [0.717, 1.165) is 19.3 Å². The molecular weight excluding hydrogens is 270 g/mol. The van der Waals surface area contributed by atoms with Crippen LogP contribution in [0.1, 0.15) is 43.0 Å². The van der Waals surface area contributed by atoms with E-state index in [0.29, 0.717) is 17.2 Å². The standard InChI is InChI=1S/C15H21N3O3/c1-10-5-3-4-6-12(10)17-13-8-7-11(15(19)16-2)9-14(13)18(20)21/h7-10,12,17H,3-6H2,1-2H3,(H,16,19). The lowest BCUT2D eigenvalue weighted by Crippen LogP contribution is -2.30. The zero-order valence-electron chi connectivity index (χ0n) is 12.4. The Labute approximate surface area is 124 Å². The molecule has 1 amide bonds. The van der Waals surface area contributed by atoms with E-state index in [1.54, 1.807) is 12.1 Å². The molecule has 2 rings (SSSR count). The van der Waals surface area contributed by atoms with Crippen molar-refractivity contribution in [2.24, 2.45) is 5.92 Å². The molecule has 2 unspecified atom stereocenters. The molecule has 114 valence electrons. The van der Waals surface area contributed by atoms with Crippen molar-refractivity contribution in [1.82, 2.24) is 5.32 Å². The second kappa shape index (κ2) is 6.56. The molecule has 0 bridgehead atoms. The molecule has 1 fully saturated rings. The number of nitrogens with zero attached hydrogens (tertiary/aromatic N) is 1. The molecule has 1 aromatic carbocycles. The van der Waals surface area contributed by atoms with Crippen LogP contribution in [0.25, 0.3) is 0 Å². The Morgan fingerprint density at radius 2 is 2.05 bits per heavy atom. The van der Waals surface area contributed by atoms with Gasteiger partial charge in [-0.3, -0.25) is 14.9 Å². The monoisotopic (exact) mass is 291 g/mol. The van der Waals surface area contributed by atoms with Gasteiger partial charge in [0.05, 0.1) is 4.92 Å². The van der Waals surface area contributed by atoms with Gasteiger partial charge in [-0.05, 0) is 30.9 Å². The largest absolute Gasteiger partial charge is 0.376 e. The van der Waals surface area contributed by atoms with Crippen molar-refractivity contribution in [3.8, 4) is 0 Å². The molecule has 1 aliphatic rings. The van der Waals surface area contributed by atoms with Gasteiger partial charge in [0, 0.05) is 24.7 Å². The molecule has 2 atom stereocenters. The number of carbonyl (C=O) groups excluding carboxylic acids is 1. The number of hydrogen-bond acceptors (Lipinski definition) is 4. The van der Waals surface area contributed by atoms with Gasteiger partial charge in [-0.15, -0.1) is 0 Å². The highest BCUT2D eigenvalue weighted by Crippen LogP contribution is 2.31. The topological polar surface area (TPSA) is 84.3 Å². The number of nitro benzene ring substituents is 1. The number of benzene rings is 1. The molecule has 6 heteroatoms. The van der Waals surface area contributed by atoms with Crippen LogP contribution in [0.15, 0.2) is 18.2 Å². The Hall–Kier alpha value is -2.11. The quantitative estimate of drug-likeness (QED) is 0.660. The minimum Gasteiger partial charge on any atom is -0.376 e. The fourth-order valence-corrected chi connectivity index (χ4v) is 2.82. The molecule has 1 aliphatic carbocycles. The first-order valence-electron chi connectivity index (χ1n) is 7.30. The zero-order valence-corrected chi connectivity index (χ0v) is 12.4. The number of nitro groups is 1. The number of nitrogens with one attached hydrogen (secondary N) is 2. The highest BCUT2D eigenvalue weighted by atomic mass is 16.6. The third-order valence-corrected chi connectivity index (χ3v) is 4.14. The molecule has 0 aliphatic heterocycles. The first-order valence-corrected chi connectivity index (χ1v) is 7.30. The van der Waals surface area contributed by atoms with Crippen LogP contribution >= 0.6 is 0 Å². The van der Waals surface area contributed by atoms with Gasteiger partial charge in [0.2, 0.25) is 0 Å². The molecule has 21 heavy (non-hydrogen) atoms. The summed E-state index contributed by atoms with van der Waals surface area (Å²) < 4.78 is 0. The lowest BCUT2D eigenvalue weighted by atomic mass is 9.86. The van der Waals surface area contributed by atoms with Gasteiger partial charge in [-0.25, -0.2) is 0 Å². The summed E-state index contributed by atoms with van der Waals surface area (Å²) in [5.74, 6) is 0.174. The predicted molar refractivity (Wildman–Crippen MR) is 81.5 cm³/mol. The predicted octanol–water partition coefficient (Wildman–Crippen LogP) is 2.95. The third-order valence-electron chi connectivity index (χ3n) is 4.14. The highest BCUT2D eigenvalue weighted by molar-refractivity contribution is 5.95. The van der Waals surface area contributed by atoms with E-state index >= 15 is 0 Å². The van der Waals surface area contributed by atoms with Gasteiger partial charge >= 0.3 is 0 Å². The zero-order chi connectivity index (χ0) is 15.4. The molecule has 1 aromatic rings. The van der Waals surface area contributed by atoms with Gasteiger partial charge in [0.15, 0.2) is 0 Å². The second-order valence-electron chi connectivity index (χ2n) is 5.58. The van der Waals surface area contributed by atoms with Crippen LogP contribution in [-0.2, 0) is 0 Å². The van der Waals surface area contributed by atoms with Crippen LogP contribution in [0.3, 0.4) is 0 Å². The molecule has 2 N–H and O–H groups in total. The van der Waals surface area contributed by atoms with Crippen LogP contribution in [-0.4, -0.2) is 23.9 Å². The van der Waals surface area contributed by atoms with E-state index in [9.17, 15) is 14.9 Å². The number of hydrogen-bond donors (Lipinski definition) is 2. The van der Waals surface area contributed by atoms with Gasteiger partial charge in [-0.1, -0.05) is 19.8 Å². The SMILES string of the molecule is CNC(=O)c1ccc(NC2CCCCC2C)c([N+](=O)[O-])c1. The minimum atomic E-state index is -0.442. The first kappa shape index (κ1) is 15.3. The Bertz CT molecular complexity index is 545. The van der Waals surface area contributed by atoms with Crippen LogP contribution in [0.5, 0.6) is 0 Å². The normalized spacial score (nSPS) is 21.6. The Morgan fingerprint density at radius 3 is 2.67 bits per heavy atom. The Morgan fingerprint density at radius 1 is 1.33 bits per heavy atom. The van der Waals surface area contributed by atoms with E-state index < -0.39 is 4.92 Å². The van der Waals surface area contributed by atoms with Crippen LogP contribution in [0.4, 0.5) is 11.4 Å². The molecular formula is C15H21N3O3. The van der Waals surface area contributed by atoms with Crippen molar-refractivity contribution in [3.63, 3.8) is 0 Å². The van der Waals surface area contributed by atoms with Crippen LogP contribution < -0.4 is 10.6 Å². The average molecular weight is 291 g/mol. The van der Waals surface area contributed by atoms with Gasteiger partial charge < -0.3 is 10.6 Å². The number of carbonyl (C=O) groups is 1. The van der Waals surface area contributed by atoms with Crippen molar-refractivity contribution in [2.45, 2.75) is 38.6 Å². The summed E-state index contributed by atoms with van der Waals surface area (Å²) in [6.07, 6.45) is 4.53. The van der Waals surface area contributed by atoms with E-state index in [-0.39, 0.29) is 17.6 Å². The lowest BCUT2D eigenvalue weighted by molar-refractivity contribution is -0.384. The fourth-order valence-electron chi connectivity index (χ4n) is 2.82. The summed E-state index contributed by atoms with van der Waals surface area (Å²) in [6, 6.07) is 4.82. The van der Waals surface area contributed by atoms with Crippen molar-refractivity contribution in [1.29, 1.82) is 0 Å². The first-order chi connectivity index (χ1) is 10.0. The van der Waals surface area contributed by atoms with E-state index in [4.69, 9.17) is 0 Å². The van der Waals surface area contributed by atoms with Crippen molar-refractivity contribution in [3.05, 3.63) is 33.9 Å².